The molecule has 21 heavy (non-hydrogen) atoms. The molecule has 5 nitrogen and oxygen atoms in total. The number of nitrogen functional groups attached to an aromatic ring is 1. The predicted molar refractivity (Wildman–Crippen MR) is 84.2 cm³/mol. The number of nitrogens with two attached hydrogens (primary N) is 2. The van der Waals surface area contributed by atoms with E-state index in [2.05, 4.69) is 5.32 Å². The molecule has 0 radical (unpaired) electrons. The molecule has 0 saturated carbocycles. The van der Waals surface area contributed by atoms with Crippen LogP contribution in [0, 0.1) is 0 Å². The van der Waals surface area contributed by atoms with Gasteiger partial charge in [-0.2, -0.15) is 0 Å². The van der Waals surface area contributed by atoms with Crippen LogP contribution in [0.25, 0.3) is 0 Å². The fourth-order valence-electron chi connectivity index (χ4n) is 1.71. The summed E-state index contributed by atoms with van der Waals surface area (Å²) >= 11 is 1.43. The molecule has 0 atom stereocenters. The molecule has 0 unspecified atom stereocenters. The minimum Gasteiger partial charge on any atom is -0.398 e. The predicted octanol–water partition coefficient (Wildman–Crippen LogP) is 2.48. The van der Waals surface area contributed by atoms with Gasteiger partial charge in [-0.1, -0.05) is 11.8 Å². The molecule has 2 amide bonds. The van der Waals surface area contributed by atoms with Crippen LogP contribution in [0.15, 0.2) is 52.3 Å². The molecule has 2 aromatic carbocycles. The van der Waals surface area contributed by atoms with E-state index in [1.165, 1.54) is 18.7 Å². The minimum absolute atomic E-state index is 0.117. The highest BCUT2D eigenvalue weighted by atomic mass is 32.2. The zero-order valence-corrected chi connectivity index (χ0v) is 12.2. The molecule has 2 aromatic rings. The number of hydrogen-bond acceptors (Lipinski definition) is 4. The third-order valence-corrected chi connectivity index (χ3v) is 3.78. The molecule has 0 fully saturated rings. The van der Waals surface area contributed by atoms with Crippen molar-refractivity contribution >= 4 is 35.0 Å². The van der Waals surface area contributed by atoms with Crippen LogP contribution in [0.1, 0.15) is 17.3 Å². The Balaban J connectivity index is 2.19. The summed E-state index contributed by atoms with van der Waals surface area (Å²) in [6.45, 7) is 1.46. The second kappa shape index (κ2) is 6.32. The normalized spacial score (nSPS) is 10.1. The molecule has 6 heteroatoms. The van der Waals surface area contributed by atoms with Crippen molar-refractivity contribution in [3.63, 3.8) is 0 Å². The number of carbonyl (C=O) groups is 2. The van der Waals surface area contributed by atoms with Crippen LogP contribution >= 0.6 is 11.8 Å². The Morgan fingerprint density at radius 3 is 2.33 bits per heavy atom. The second-order valence-corrected chi connectivity index (χ2v) is 5.54. The molecule has 0 aliphatic heterocycles. The van der Waals surface area contributed by atoms with Gasteiger partial charge >= 0.3 is 0 Å². The summed E-state index contributed by atoms with van der Waals surface area (Å²) in [5.41, 5.74) is 12.9. The number of hydrogen-bond donors (Lipinski definition) is 3. The van der Waals surface area contributed by atoms with Crippen molar-refractivity contribution in [1.29, 1.82) is 0 Å². The van der Waals surface area contributed by atoms with E-state index in [0.29, 0.717) is 11.3 Å². The lowest BCUT2D eigenvalue weighted by molar-refractivity contribution is -0.114. The number of nitrogens with one attached hydrogen (secondary N) is 1. The monoisotopic (exact) mass is 301 g/mol. The Morgan fingerprint density at radius 1 is 1.10 bits per heavy atom. The van der Waals surface area contributed by atoms with Gasteiger partial charge in [-0.25, -0.2) is 0 Å². The van der Waals surface area contributed by atoms with Crippen molar-refractivity contribution in [2.45, 2.75) is 16.7 Å². The summed E-state index contributed by atoms with van der Waals surface area (Å²) in [5, 5.41) is 2.70. The summed E-state index contributed by atoms with van der Waals surface area (Å²) in [6.07, 6.45) is 0. The van der Waals surface area contributed by atoms with Crippen LogP contribution in [0.2, 0.25) is 0 Å². The SMILES string of the molecule is CC(=O)Nc1ccc(Sc2cc(C(N)=O)ccc2N)cc1. The summed E-state index contributed by atoms with van der Waals surface area (Å²) in [4.78, 5) is 23.9. The average Bonchev–Trinajstić information content (AvgIpc) is 2.42. The van der Waals surface area contributed by atoms with Gasteiger partial charge in [0, 0.05) is 33.7 Å². The van der Waals surface area contributed by atoms with Crippen LogP contribution in [-0.2, 0) is 4.79 Å². The molecule has 0 heterocycles. The number of anilines is 2. The number of rotatable bonds is 4. The molecule has 0 saturated heterocycles. The second-order valence-electron chi connectivity index (χ2n) is 4.42. The van der Waals surface area contributed by atoms with Gasteiger partial charge in [0.05, 0.1) is 0 Å². The molecule has 0 aliphatic carbocycles. The first-order valence-corrected chi connectivity index (χ1v) is 7.02. The van der Waals surface area contributed by atoms with E-state index in [4.69, 9.17) is 11.5 Å². The van der Waals surface area contributed by atoms with Crippen molar-refractivity contribution < 1.29 is 9.59 Å². The Bertz CT molecular complexity index is 684. The standard InChI is InChI=1S/C15H15N3O2S/c1-9(19)18-11-3-5-12(6-4-11)21-14-8-10(15(17)20)2-7-13(14)16/h2-8H,16H2,1H3,(H2,17,20)(H,18,19). The molecule has 108 valence electrons. The van der Waals surface area contributed by atoms with E-state index >= 15 is 0 Å². The van der Waals surface area contributed by atoms with E-state index in [0.717, 1.165) is 15.5 Å². The topological polar surface area (TPSA) is 98.2 Å². The largest absolute Gasteiger partial charge is 0.398 e. The fourth-order valence-corrected chi connectivity index (χ4v) is 2.61. The third-order valence-electron chi connectivity index (χ3n) is 2.70. The van der Waals surface area contributed by atoms with Crippen molar-refractivity contribution in [2.75, 3.05) is 11.1 Å². The van der Waals surface area contributed by atoms with Gasteiger partial charge in [0.2, 0.25) is 11.8 Å². The molecule has 0 aliphatic rings. The van der Waals surface area contributed by atoms with Crippen molar-refractivity contribution in [3.8, 4) is 0 Å². The summed E-state index contributed by atoms with van der Waals surface area (Å²) in [5.74, 6) is -0.605. The summed E-state index contributed by atoms with van der Waals surface area (Å²) in [6, 6.07) is 12.3. The van der Waals surface area contributed by atoms with E-state index in [1.807, 2.05) is 12.1 Å². The molecule has 0 spiro atoms. The summed E-state index contributed by atoms with van der Waals surface area (Å²) in [7, 11) is 0. The molecule has 2 rings (SSSR count). The fraction of sp³-hybridized carbons (Fsp3) is 0.0667. The smallest absolute Gasteiger partial charge is 0.248 e. The Kier molecular flexibility index (Phi) is 4.49. The van der Waals surface area contributed by atoms with E-state index in [9.17, 15) is 9.59 Å². The van der Waals surface area contributed by atoms with E-state index < -0.39 is 5.91 Å². The zero-order valence-electron chi connectivity index (χ0n) is 11.4. The first-order chi connectivity index (χ1) is 9.95. The number of carbonyl (C=O) groups excluding carboxylic acids is 2. The molecular weight excluding hydrogens is 286 g/mol. The van der Waals surface area contributed by atoms with E-state index in [-0.39, 0.29) is 5.91 Å². The van der Waals surface area contributed by atoms with Crippen LogP contribution < -0.4 is 16.8 Å². The number of primary amides is 1. The highest BCUT2D eigenvalue weighted by Crippen LogP contribution is 2.33. The highest BCUT2D eigenvalue weighted by molar-refractivity contribution is 7.99. The van der Waals surface area contributed by atoms with Gasteiger partial charge in [0.15, 0.2) is 0 Å². The van der Waals surface area contributed by atoms with E-state index in [1.54, 1.807) is 30.3 Å². The first kappa shape index (κ1) is 14.9. The van der Waals surface area contributed by atoms with Crippen LogP contribution in [-0.4, -0.2) is 11.8 Å². The molecule has 5 N–H and O–H groups in total. The van der Waals surface area contributed by atoms with Crippen LogP contribution in [0.4, 0.5) is 11.4 Å². The van der Waals surface area contributed by atoms with Gasteiger partial charge in [0.25, 0.3) is 0 Å². The zero-order chi connectivity index (χ0) is 15.4. The lowest BCUT2D eigenvalue weighted by Crippen LogP contribution is -2.11. The Labute approximate surface area is 126 Å². The van der Waals surface area contributed by atoms with Gasteiger partial charge < -0.3 is 16.8 Å². The van der Waals surface area contributed by atoms with Crippen molar-refractivity contribution in [3.05, 3.63) is 48.0 Å². The maximum absolute atomic E-state index is 11.2. The number of amides is 2. The molecular formula is C15H15N3O2S. The quantitative estimate of drug-likeness (QED) is 0.755. The van der Waals surface area contributed by atoms with Crippen molar-refractivity contribution in [2.24, 2.45) is 5.73 Å². The van der Waals surface area contributed by atoms with Gasteiger partial charge in [-0.15, -0.1) is 0 Å². The lowest BCUT2D eigenvalue weighted by atomic mass is 10.2. The van der Waals surface area contributed by atoms with Crippen LogP contribution in [0.3, 0.4) is 0 Å². The maximum atomic E-state index is 11.2. The minimum atomic E-state index is -0.488. The number of benzene rings is 2. The first-order valence-electron chi connectivity index (χ1n) is 6.20. The van der Waals surface area contributed by atoms with Crippen molar-refractivity contribution in [1.82, 2.24) is 0 Å². The third kappa shape index (κ3) is 4.00. The Morgan fingerprint density at radius 2 is 1.76 bits per heavy atom. The highest BCUT2D eigenvalue weighted by Gasteiger charge is 2.07. The molecule has 0 bridgehead atoms. The molecule has 0 aromatic heterocycles. The lowest BCUT2D eigenvalue weighted by Gasteiger charge is -2.08. The van der Waals surface area contributed by atoms with Gasteiger partial charge in [-0.3, -0.25) is 9.59 Å². The van der Waals surface area contributed by atoms with Gasteiger partial charge in [0.1, 0.15) is 0 Å². The van der Waals surface area contributed by atoms with Crippen LogP contribution in [0.5, 0.6) is 0 Å². The summed E-state index contributed by atoms with van der Waals surface area (Å²) < 4.78 is 0. The Hall–Kier alpha value is -2.47. The average molecular weight is 301 g/mol. The van der Waals surface area contributed by atoms with Gasteiger partial charge in [-0.05, 0) is 42.5 Å². The maximum Gasteiger partial charge on any atom is 0.248 e.